The maximum atomic E-state index is 2.41. The fourth-order valence-electron chi connectivity index (χ4n) is 3.40. The zero-order valence-corrected chi connectivity index (χ0v) is 15.4. The molecule has 0 aliphatic heterocycles. The molecular weight excluding hydrogens is 240 g/mol. The van der Waals surface area contributed by atoms with Crippen molar-refractivity contribution in [3.05, 3.63) is 0 Å². The van der Waals surface area contributed by atoms with Gasteiger partial charge in [-0.25, -0.2) is 0 Å². The van der Waals surface area contributed by atoms with Gasteiger partial charge in [0.2, 0.25) is 0 Å². The van der Waals surface area contributed by atoms with Crippen LogP contribution in [0.15, 0.2) is 0 Å². The smallest absolute Gasteiger partial charge is 0.0347 e. The van der Waals surface area contributed by atoms with Gasteiger partial charge in [0.25, 0.3) is 0 Å². The van der Waals surface area contributed by atoms with Crippen molar-refractivity contribution in [2.75, 3.05) is 0 Å². The molecule has 130 valence electrons. The fourth-order valence-corrected chi connectivity index (χ4v) is 3.40. The Kier molecular flexibility index (Phi) is 27.4. The van der Waals surface area contributed by atoms with Crippen molar-refractivity contribution in [1.29, 1.82) is 0 Å². The van der Waals surface area contributed by atoms with E-state index in [9.17, 15) is 0 Å². The van der Waals surface area contributed by atoms with Crippen LogP contribution in [0.25, 0.3) is 0 Å². The van der Waals surface area contributed by atoms with Gasteiger partial charge in [-0.1, -0.05) is 97.4 Å². The SMILES string of the molecule is C.C.CC.CC.CC1CC(C)(C)CC(C)(C)C1.CCC. The maximum Gasteiger partial charge on any atom is -0.0347 e. The Morgan fingerprint density at radius 3 is 1.10 bits per heavy atom. The van der Waals surface area contributed by atoms with Crippen molar-refractivity contribution in [2.45, 2.75) is 117 Å². The monoisotopic (exact) mass is 290 g/mol. The molecule has 1 rings (SSSR count). The molecule has 0 unspecified atom stereocenters. The summed E-state index contributed by atoms with van der Waals surface area (Å²) in [7, 11) is 0. The van der Waals surface area contributed by atoms with E-state index in [0.29, 0.717) is 10.8 Å². The van der Waals surface area contributed by atoms with Gasteiger partial charge in [0, 0.05) is 0 Å². The average molecular weight is 291 g/mol. The van der Waals surface area contributed by atoms with E-state index in [1.165, 1.54) is 25.7 Å². The van der Waals surface area contributed by atoms with Crippen molar-refractivity contribution in [3.63, 3.8) is 0 Å². The van der Waals surface area contributed by atoms with E-state index in [4.69, 9.17) is 0 Å². The molecule has 0 heterocycles. The van der Waals surface area contributed by atoms with E-state index >= 15 is 0 Å². The quantitative estimate of drug-likeness (QED) is 0.419. The Balaban J connectivity index is -0.0000000725. The van der Waals surface area contributed by atoms with E-state index < -0.39 is 0 Å². The first-order chi connectivity index (χ1) is 8.22. The van der Waals surface area contributed by atoms with E-state index in [0.717, 1.165) is 5.92 Å². The largest absolute Gasteiger partial charge is 0.0776 e. The van der Waals surface area contributed by atoms with Crippen LogP contribution in [0.2, 0.25) is 0 Å². The Bertz CT molecular complexity index is 137. The highest BCUT2D eigenvalue weighted by Crippen LogP contribution is 2.47. The van der Waals surface area contributed by atoms with Crippen LogP contribution in [-0.4, -0.2) is 0 Å². The van der Waals surface area contributed by atoms with Crippen molar-refractivity contribution >= 4 is 0 Å². The molecule has 0 aromatic heterocycles. The average Bonchev–Trinajstić information content (AvgIpc) is 2.19. The standard InChI is InChI=1S/C11H22.C3H8.2C2H6.2CH4/c1-9-6-10(2,3)8-11(4,5)7-9;1-3-2;2*1-2;;/h9H,6-8H2,1-5H3;3H2,1-2H3;2*1-2H3;2*1H4. The summed E-state index contributed by atoms with van der Waals surface area (Å²) in [6, 6.07) is 0. The predicted molar refractivity (Wildman–Crippen MR) is 103 cm³/mol. The molecule has 0 N–H and O–H groups in total. The highest BCUT2D eigenvalue weighted by atomic mass is 14.4. The second-order valence-corrected chi connectivity index (χ2v) is 6.73. The molecule has 0 bridgehead atoms. The second-order valence-electron chi connectivity index (χ2n) is 6.73. The molecule has 1 aliphatic rings. The van der Waals surface area contributed by atoms with Crippen LogP contribution in [0.1, 0.15) is 117 Å². The Morgan fingerprint density at radius 1 is 0.750 bits per heavy atom. The minimum Gasteiger partial charge on any atom is -0.0776 e. The summed E-state index contributed by atoms with van der Waals surface area (Å²) < 4.78 is 0. The number of rotatable bonds is 0. The zero-order chi connectivity index (χ0) is 15.4. The van der Waals surface area contributed by atoms with Crippen molar-refractivity contribution in [2.24, 2.45) is 16.7 Å². The molecule has 0 saturated heterocycles. The van der Waals surface area contributed by atoms with Gasteiger partial charge < -0.3 is 0 Å². The lowest BCUT2D eigenvalue weighted by Crippen LogP contribution is -2.32. The lowest BCUT2D eigenvalue weighted by atomic mass is 9.62. The molecule has 0 aromatic rings. The molecular formula is C20H50. The third-order valence-corrected chi connectivity index (χ3v) is 2.76. The van der Waals surface area contributed by atoms with E-state index in [1.54, 1.807) is 0 Å². The first-order valence-corrected chi connectivity index (χ1v) is 8.22. The van der Waals surface area contributed by atoms with Crippen molar-refractivity contribution in [3.8, 4) is 0 Å². The van der Waals surface area contributed by atoms with Gasteiger partial charge in [0.05, 0.1) is 0 Å². The van der Waals surface area contributed by atoms with Crippen LogP contribution in [0.5, 0.6) is 0 Å². The third-order valence-electron chi connectivity index (χ3n) is 2.76. The molecule has 0 heteroatoms. The molecule has 0 amide bonds. The van der Waals surface area contributed by atoms with Gasteiger partial charge in [0.1, 0.15) is 0 Å². The molecule has 0 radical (unpaired) electrons. The van der Waals surface area contributed by atoms with Crippen LogP contribution >= 0.6 is 0 Å². The molecule has 0 aromatic carbocycles. The summed E-state index contributed by atoms with van der Waals surface area (Å²) in [5.74, 6) is 0.925. The molecule has 1 fully saturated rings. The van der Waals surface area contributed by atoms with Gasteiger partial charge in [-0.05, 0) is 36.0 Å². The summed E-state index contributed by atoms with van der Waals surface area (Å²) >= 11 is 0. The highest BCUT2D eigenvalue weighted by molar-refractivity contribution is 4.87. The van der Waals surface area contributed by atoms with Gasteiger partial charge in [-0.3, -0.25) is 0 Å². The van der Waals surface area contributed by atoms with Crippen molar-refractivity contribution in [1.82, 2.24) is 0 Å². The molecule has 0 nitrogen and oxygen atoms in total. The van der Waals surface area contributed by atoms with Crippen molar-refractivity contribution < 1.29 is 0 Å². The summed E-state index contributed by atoms with van der Waals surface area (Å²) in [5.41, 5.74) is 1.17. The van der Waals surface area contributed by atoms with Gasteiger partial charge in [-0.2, -0.15) is 0 Å². The zero-order valence-electron chi connectivity index (χ0n) is 15.4. The topological polar surface area (TPSA) is 0 Å². The normalized spacial score (nSPS) is 18.1. The first-order valence-electron chi connectivity index (χ1n) is 8.22. The van der Waals surface area contributed by atoms with E-state index in [-0.39, 0.29) is 14.9 Å². The molecule has 0 spiro atoms. The summed E-state index contributed by atoms with van der Waals surface area (Å²) in [4.78, 5) is 0. The van der Waals surface area contributed by atoms with Crippen LogP contribution < -0.4 is 0 Å². The highest BCUT2D eigenvalue weighted by Gasteiger charge is 2.36. The lowest BCUT2D eigenvalue weighted by molar-refractivity contribution is 0.0754. The maximum absolute atomic E-state index is 2.41. The van der Waals surface area contributed by atoms with Crippen LogP contribution in [0, 0.1) is 16.7 Å². The molecule has 20 heavy (non-hydrogen) atoms. The summed E-state index contributed by atoms with van der Waals surface area (Å²) in [6.07, 6.45) is 5.47. The Morgan fingerprint density at radius 2 is 0.950 bits per heavy atom. The molecule has 1 aliphatic carbocycles. The minimum absolute atomic E-state index is 0. The summed E-state index contributed by atoms with van der Waals surface area (Å²) in [6.45, 7) is 24.3. The molecule has 1 saturated carbocycles. The van der Waals surface area contributed by atoms with Gasteiger partial charge in [-0.15, -0.1) is 0 Å². The molecule has 0 atom stereocenters. The first kappa shape index (κ1) is 32.1. The minimum atomic E-state index is 0. The number of hydrogen-bond acceptors (Lipinski definition) is 0. The van der Waals surface area contributed by atoms with Crippen LogP contribution in [0.4, 0.5) is 0 Å². The second kappa shape index (κ2) is 17.1. The third kappa shape index (κ3) is 20.3. The lowest BCUT2D eigenvalue weighted by Gasteiger charge is -2.44. The van der Waals surface area contributed by atoms with Gasteiger partial charge >= 0.3 is 0 Å². The van der Waals surface area contributed by atoms with Crippen LogP contribution in [-0.2, 0) is 0 Å². The van der Waals surface area contributed by atoms with E-state index in [2.05, 4.69) is 48.5 Å². The van der Waals surface area contributed by atoms with Gasteiger partial charge in [0.15, 0.2) is 0 Å². The predicted octanol–water partition coefficient (Wildman–Crippen LogP) is 8.60. The Hall–Kier alpha value is 0. The summed E-state index contributed by atoms with van der Waals surface area (Å²) in [5, 5.41) is 0. The number of hydrogen-bond donors (Lipinski definition) is 0. The van der Waals surface area contributed by atoms with E-state index in [1.807, 2.05) is 27.7 Å². The fraction of sp³-hybridized carbons (Fsp3) is 1.00. The van der Waals surface area contributed by atoms with Crippen LogP contribution in [0.3, 0.4) is 0 Å². The Labute approximate surface area is 134 Å².